The first kappa shape index (κ1) is 15.8. The van der Waals surface area contributed by atoms with Crippen LogP contribution in [0.4, 0.5) is 26.3 Å². The van der Waals surface area contributed by atoms with Gasteiger partial charge in [-0.2, -0.15) is 26.3 Å². The van der Waals surface area contributed by atoms with Gasteiger partial charge in [0.2, 0.25) is 0 Å². The second-order valence-electron chi connectivity index (χ2n) is 3.43. The number of halogens is 6. The minimum atomic E-state index is -5.52. The number of hydrogen-bond acceptors (Lipinski definition) is 3. The van der Waals surface area contributed by atoms with E-state index in [2.05, 4.69) is 4.74 Å². The predicted molar refractivity (Wildman–Crippen MR) is 51.7 cm³/mol. The number of rotatable bonds is 2. The monoisotopic (exact) mass is 301 g/mol. The van der Waals surface area contributed by atoms with Crippen molar-refractivity contribution in [3.63, 3.8) is 0 Å². The lowest BCUT2D eigenvalue weighted by Gasteiger charge is -2.15. The summed E-state index contributed by atoms with van der Waals surface area (Å²) in [6, 6.07) is 1.80. The molecule has 20 heavy (non-hydrogen) atoms. The molecule has 2 N–H and O–H groups in total. The molecule has 10 heteroatoms. The van der Waals surface area contributed by atoms with Crippen LogP contribution in [0.15, 0.2) is 18.2 Å². The lowest BCUT2D eigenvalue weighted by atomic mass is 10.1. The smallest absolute Gasteiger partial charge is 0.418 e. The molecule has 1 rings (SSSR count). The average Bonchev–Trinajstić information content (AvgIpc) is 2.25. The van der Waals surface area contributed by atoms with Crippen LogP contribution in [0.25, 0.3) is 0 Å². The van der Waals surface area contributed by atoms with Crippen LogP contribution in [-0.2, 0) is 11.0 Å². The van der Waals surface area contributed by atoms with E-state index in [1.807, 2.05) is 0 Å². The van der Waals surface area contributed by atoms with Gasteiger partial charge in [0.05, 0.1) is 11.1 Å². The second-order valence-corrected chi connectivity index (χ2v) is 3.43. The second kappa shape index (κ2) is 5.02. The molecule has 0 aliphatic carbocycles. The zero-order valence-electron chi connectivity index (χ0n) is 9.30. The molecule has 110 valence electrons. The standard InChI is InChI=1S/C10H5F6NO3/c11-9(12,13)5-3-1-2-4(7(17)18)6(5)20-8(19)10(14,15)16/h1-3H,(H2,17,18). The number of alkyl halides is 6. The topological polar surface area (TPSA) is 69.4 Å². The molecule has 0 saturated carbocycles. The highest BCUT2D eigenvalue weighted by molar-refractivity contribution is 5.97. The van der Waals surface area contributed by atoms with Crippen LogP contribution in [0, 0.1) is 0 Å². The van der Waals surface area contributed by atoms with Gasteiger partial charge in [-0.3, -0.25) is 4.79 Å². The minimum absolute atomic E-state index is 0.353. The molecular weight excluding hydrogens is 296 g/mol. The van der Waals surface area contributed by atoms with E-state index in [0.29, 0.717) is 12.1 Å². The Morgan fingerprint density at radius 2 is 1.60 bits per heavy atom. The molecule has 0 bridgehead atoms. The molecule has 1 aromatic carbocycles. The van der Waals surface area contributed by atoms with Crippen LogP contribution < -0.4 is 10.5 Å². The highest BCUT2D eigenvalue weighted by Gasteiger charge is 2.44. The number of nitrogens with two attached hydrogens (primary N) is 1. The third-order valence-corrected chi connectivity index (χ3v) is 2.01. The molecular formula is C10H5F6NO3. The number of para-hydroxylation sites is 1. The summed E-state index contributed by atoms with van der Waals surface area (Å²) in [6.45, 7) is 0. The Labute approximate surface area is 107 Å². The SMILES string of the molecule is NC(=O)c1cccc(C(F)(F)F)c1OC(=O)C(F)(F)F. The van der Waals surface area contributed by atoms with E-state index in [1.54, 1.807) is 0 Å². The summed E-state index contributed by atoms with van der Waals surface area (Å²) in [5.74, 6) is -5.94. The van der Waals surface area contributed by atoms with Crippen molar-refractivity contribution in [3.05, 3.63) is 29.3 Å². The van der Waals surface area contributed by atoms with Gasteiger partial charge in [-0.15, -0.1) is 0 Å². The Kier molecular flexibility index (Phi) is 3.97. The van der Waals surface area contributed by atoms with Crippen LogP contribution in [0.1, 0.15) is 15.9 Å². The maximum Gasteiger partial charge on any atom is 0.491 e. The molecule has 1 aromatic rings. The van der Waals surface area contributed by atoms with Gasteiger partial charge in [0.25, 0.3) is 5.91 Å². The number of carbonyl (C=O) groups excluding carboxylic acids is 2. The van der Waals surface area contributed by atoms with Crippen LogP contribution in [0.3, 0.4) is 0 Å². The van der Waals surface area contributed by atoms with Crippen LogP contribution in [0.2, 0.25) is 0 Å². The molecule has 0 unspecified atom stereocenters. The molecule has 0 atom stereocenters. The normalized spacial score (nSPS) is 12.1. The number of primary amides is 1. The van der Waals surface area contributed by atoms with Crippen molar-refractivity contribution in [1.82, 2.24) is 0 Å². The van der Waals surface area contributed by atoms with Gasteiger partial charge in [0.1, 0.15) is 0 Å². The van der Waals surface area contributed by atoms with E-state index in [4.69, 9.17) is 5.73 Å². The first-order valence-electron chi connectivity index (χ1n) is 4.73. The number of carbonyl (C=O) groups is 2. The quantitative estimate of drug-likeness (QED) is 0.517. The van der Waals surface area contributed by atoms with E-state index >= 15 is 0 Å². The molecule has 4 nitrogen and oxygen atoms in total. The molecule has 0 aromatic heterocycles. The highest BCUT2D eigenvalue weighted by Crippen LogP contribution is 2.38. The predicted octanol–water partition coefficient (Wildman–Crippen LogP) is 2.27. The third kappa shape index (κ3) is 3.39. The Hall–Kier alpha value is -2.26. The first-order chi connectivity index (χ1) is 8.94. The van der Waals surface area contributed by atoms with Gasteiger partial charge < -0.3 is 10.5 Å². The lowest BCUT2D eigenvalue weighted by molar-refractivity contribution is -0.190. The fourth-order valence-electron chi connectivity index (χ4n) is 1.21. The zero-order valence-corrected chi connectivity index (χ0v) is 9.30. The molecule has 0 heterocycles. The maximum atomic E-state index is 12.6. The van der Waals surface area contributed by atoms with Crippen molar-refractivity contribution >= 4 is 11.9 Å². The van der Waals surface area contributed by atoms with Crippen molar-refractivity contribution in [1.29, 1.82) is 0 Å². The van der Waals surface area contributed by atoms with E-state index in [1.165, 1.54) is 0 Å². The largest absolute Gasteiger partial charge is 0.491 e. The fourth-order valence-corrected chi connectivity index (χ4v) is 1.21. The number of amides is 1. The zero-order chi connectivity index (χ0) is 15.7. The number of ether oxygens (including phenoxy) is 1. The van der Waals surface area contributed by atoms with Gasteiger partial charge in [-0.25, -0.2) is 4.79 Å². The van der Waals surface area contributed by atoms with E-state index in [-0.39, 0.29) is 0 Å². The van der Waals surface area contributed by atoms with Crippen LogP contribution in [0.5, 0.6) is 5.75 Å². The summed E-state index contributed by atoms with van der Waals surface area (Å²) in [7, 11) is 0. The highest BCUT2D eigenvalue weighted by atomic mass is 19.4. The third-order valence-electron chi connectivity index (χ3n) is 2.01. The molecule has 0 radical (unpaired) electrons. The van der Waals surface area contributed by atoms with Crippen molar-refractivity contribution in [3.8, 4) is 5.75 Å². The number of hydrogen-bond donors (Lipinski definition) is 1. The molecule has 0 fully saturated rings. The van der Waals surface area contributed by atoms with Gasteiger partial charge >= 0.3 is 18.3 Å². The Bertz CT molecular complexity index is 549. The van der Waals surface area contributed by atoms with Crippen molar-refractivity contribution in [2.75, 3.05) is 0 Å². The summed E-state index contributed by atoms with van der Waals surface area (Å²) in [4.78, 5) is 21.5. The van der Waals surface area contributed by atoms with E-state index in [9.17, 15) is 35.9 Å². The van der Waals surface area contributed by atoms with Gasteiger partial charge in [-0.05, 0) is 12.1 Å². The van der Waals surface area contributed by atoms with Gasteiger partial charge in [0, 0.05) is 0 Å². The Morgan fingerprint density at radius 3 is 2.00 bits per heavy atom. The summed E-state index contributed by atoms with van der Waals surface area (Å²) < 4.78 is 77.6. The maximum absolute atomic E-state index is 12.6. The van der Waals surface area contributed by atoms with Crippen molar-refractivity contribution in [2.45, 2.75) is 12.4 Å². The van der Waals surface area contributed by atoms with Crippen LogP contribution >= 0.6 is 0 Å². The van der Waals surface area contributed by atoms with Crippen LogP contribution in [-0.4, -0.2) is 18.1 Å². The lowest BCUT2D eigenvalue weighted by Crippen LogP contribution is -2.30. The minimum Gasteiger partial charge on any atom is -0.418 e. The fraction of sp³-hybridized carbons (Fsp3) is 0.200. The number of benzene rings is 1. The van der Waals surface area contributed by atoms with E-state index < -0.39 is 41.1 Å². The number of esters is 1. The molecule has 0 aliphatic rings. The molecule has 0 saturated heterocycles. The summed E-state index contributed by atoms with van der Waals surface area (Å²) in [5.41, 5.74) is 2.03. The first-order valence-corrected chi connectivity index (χ1v) is 4.73. The molecule has 0 aliphatic heterocycles. The summed E-state index contributed by atoms with van der Waals surface area (Å²) >= 11 is 0. The van der Waals surface area contributed by atoms with Crippen molar-refractivity contribution < 1.29 is 40.7 Å². The Morgan fingerprint density at radius 1 is 1.05 bits per heavy atom. The van der Waals surface area contributed by atoms with Gasteiger partial charge in [0.15, 0.2) is 5.75 Å². The molecule has 0 spiro atoms. The summed E-state index contributed by atoms with van der Waals surface area (Å²) in [6.07, 6.45) is -10.7. The Balaban J connectivity index is 3.41. The van der Waals surface area contributed by atoms with Gasteiger partial charge in [-0.1, -0.05) is 6.07 Å². The average molecular weight is 301 g/mol. The molecule has 1 amide bonds. The van der Waals surface area contributed by atoms with Crippen molar-refractivity contribution in [2.24, 2.45) is 5.73 Å². The van der Waals surface area contributed by atoms with E-state index in [0.717, 1.165) is 6.07 Å². The summed E-state index contributed by atoms with van der Waals surface area (Å²) in [5, 5.41) is 0.